The average molecular weight is 418 g/mol. The van der Waals surface area contributed by atoms with Crippen molar-refractivity contribution < 1.29 is 19.0 Å². The van der Waals surface area contributed by atoms with Gasteiger partial charge < -0.3 is 23.7 Å². The van der Waals surface area contributed by atoms with Gasteiger partial charge in [-0.15, -0.1) is 5.10 Å². The molecule has 0 unspecified atom stereocenters. The van der Waals surface area contributed by atoms with Gasteiger partial charge in [-0.3, -0.25) is 4.79 Å². The number of rotatable bonds is 7. The van der Waals surface area contributed by atoms with E-state index in [1.165, 1.54) is 0 Å². The highest BCUT2D eigenvalue weighted by Gasteiger charge is 2.41. The number of nitrogens with zero attached hydrogens (tertiary/aromatic N) is 6. The molecule has 10 heteroatoms. The summed E-state index contributed by atoms with van der Waals surface area (Å²) in [6, 6.07) is 0. The molecule has 0 radical (unpaired) electrons. The SMILES string of the molecule is CC(C)OCCOCc1nnn2c1COC1(CCN(C(=O)c3cn(C)cn3)CC1)C2. The first-order valence-corrected chi connectivity index (χ1v) is 10.5. The van der Waals surface area contributed by atoms with E-state index in [1.54, 1.807) is 17.1 Å². The second kappa shape index (κ2) is 8.83. The van der Waals surface area contributed by atoms with Crippen LogP contribution < -0.4 is 0 Å². The molecule has 30 heavy (non-hydrogen) atoms. The number of hydrogen-bond donors (Lipinski definition) is 0. The number of hydrogen-bond acceptors (Lipinski definition) is 7. The van der Waals surface area contributed by atoms with Gasteiger partial charge >= 0.3 is 0 Å². The average Bonchev–Trinajstić information content (AvgIpc) is 3.33. The fourth-order valence-electron chi connectivity index (χ4n) is 3.92. The van der Waals surface area contributed by atoms with E-state index in [2.05, 4.69) is 15.3 Å². The van der Waals surface area contributed by atoms with Crippen molar-refractivity contribution in [2.24, 2.45) is 7.05 Å². The maximum absolute atomic E-state index is 12.6. The maximum Gasteiger partial charge on any atom is 0.274 e. The first kappa shape index (κ1) is 21.0. The quantitative estimate of drug-likeness (QED) is 0.623. The molecule has 2 aromatic heterocycles. The molecule has 0 aliphatic carbocycles. The van der Waals surface area contributed by atoms with E-state index in [0.717, 1.165) is 24.2 Å². The van der Waals surface area contributed by atoms with Gasteiger partial charge in [0.05, 0.1) is 56.7 Å². The van der Waals surface area contributed by atoms with Crippen LogP contribution in [0.25, 0.3) is 0 Å². The topological polar surface area (TPSA) is 96.5 Å². The van der Waals surface area contributed by atoms with Crippen molar-refractivity contribution >= 4 is 5.91 Å². The molecular formula is C20H30N6O4. The largest absolute Gasteiger partial charge is 0.376 e. The van der Waals surface area contributed by atoms with Crippen molar-refractivity contribution in [2.75, 3.05) is 26.3 Å². The first-order chi connectivity index (χ1) is 14.5. The number of amides is 1. The van der Waals surface area contributed by atoms with Crippen LogP contribution in [0.2, 0.25) is 0 Å². The summed E-state index contributed by atoms with van der Waals surface area (Å²) in [5, 5.41) is 8.61. The van der Waals surface area contributed by atoms with E-state index in [4.69, 9.17) is 14.2 Å². The van der Waals surface area contributed by atoms with Crippen LogP contribution in [0.15, 0.2) is 12.5 Å². The second-order valence-corrected chi connectivity index (χ2v) is 8.30. The molecule has 10 nitrogen and oxygen atoms in total. The Hall–Kier alpha value is -2.30. The third-order valence-corrected chi connectivity index (χ3v) is 5.67. The van der Waals surface area contributed by atoms with Gasteiger partial charge in [0.2, 0.25) is 0 Å². The van der Waals surface area contributed by atoms with Gasteiger partial charge in [0.15, 0.2) is 0 Å². The summed E-state index contributed by atoms with van der Waals surface area (Å²) < 4.78 is 21.2. The molecule has 0 bridgehead atoms. The Kier molecular flexibility index (Phi) is 6.16. The predicted molar refractivity (Wildman–Crippen MR) is 107 cm³/mol. The smallest absolute Gasteiger partial charge is 0.274 e. The minimum atomic E-state index is -0.301. The fraction of sp³-hybridized carbons (Fsp3) is 0.700. The minimum absolute atomic E-state index is 0.0245. The van der Waals surface area contributed by atoms with Gasteiger partial charge in [-0.25, -0.2) is 9.67 Å². The summed E-state index contributed by atoms with van der Waals surface area (Å²) in [5.74, 6) is -0.0245. The highest BCUT2D eigenvalue weighted by Crippen LogP contribution is 2.33. The van der Waals surface area contributed by atoms with Crippen LogP contribution in [-0.4, -0.2) is 73.4 Å². The lowest BCUT2D eigenvalue weighted by atomic mass is 9.89. The van der Waals surface area contributed by atoms with E-state index in [-0.39, 0.29) is 17.6 Å². The number of carbonyl (C=O) groups excluding carboxylic acids is 1. The number of aromatic nitrogens is 5. The van der Waals surface area contributed by atoms with Crippen LogP contribution in [0.5, 0.6) is 0 Å². The zero-order valence-electron chi connectivity index (χ0n) is 17.9. The zero-order valence-corrected chi connectivity index (χ0v) is 17.9. The Bertz CT molecular complexity index is 869. The highest BCUT2D eigenvalue weighted by atomic mass is 16.5. The first-order valence-electron chi connectivity index (χ1n) is 10.5. The molecule has 2 aliphatic heterocycles. The summed E-state index contributed by atoms with van der Waals surface area (Å²) in [6.45, 7) is 7.89. The minimum Gasteiger partial charge on any atom is -0.376 e. The number of fused-ring (bicyclic) bond motifs is 1. The molecule has 4 rings (SSSR count). The number of likely N-dealkylation sites (tertiary alicyclic amines) is 1. The summed E-state index contributed by atoms with van der Waals surface area (Å²) in [4.78, 5) is 18.7. The molecule has 1 saturated heterocycles. The number of ether oxygens (including phenoxy) is 3. The predicted octanol–water partition coefficient (Wildman–Crippen LogP) is 1.16. The molecule has 1 amide bonds. The maximum atomic E-state index is 12.6. The molecule has 1 spiro atoms. The van der Waals surface area contributed by atoms with Crippen molar-refractivity contribution in [1.82, 2.24) is 29.4 Å². The lowest BCUT2D eigenvalue weighted by Gasteiger charge is -2.43. The van der Waals surface area contributed by atoms with E-state index < -0.39 is 0 Å². The molecule has 2 aromatic rings. The van der Waals surface area contributed by atoms with Crippen LogP contribution in [0, 0.1) is 0 Å². The van der Waals surface area contributed by atoms with Crippen LogP contribution in [0.4, 0.5) is 0 Å². The van der Waals surface area contributed by atoms with Crippen molar-refractivity contribution in [2.45, 2.75) is 58.2 Å². The molecule has 1 fully saturated rings. The van der Waals surface area contributed by atoms with E-state index >= 15 is 0 Å². The van der Waals surface area contributed by atoms with Crippen molar-refractivity contribution in [3.05, 3.63) is 29.6 Å². The summed E-state index contributed by atoms with van der Waals surface area (Å²) in [6.07, 6.45) is 5.13. The molecule has 2 aliphatic rings. The number of imidazole rings is 1. The lowest BCUT2D eigenvalue weighted by molar-refractivity contribution is -0.120. The molecule has 164 valence electrons. The zero-order chi connectivity index (χ0) is 21.1. The van der Waals surface area contributed by atoms with Gasteiger partial charge in [-0.1, -0.05) is 5.21 Å². The van der Waals surface area contributed by atoms with Crippen LogP contribution >= 0.6 is 0 Å². The molecule has 0 saturated carbocycles. The van der Waals surface area contributed by atoms with E-state index in [0.29, 0.717) is 51.8 Å². The van der Waals surface area contributed by atoms with Gasteiger partial charge in [0.25, 0.3) is 5.91 Å². The molecule has 0 N–H and O–H groups in total. The van der Waals surface area contributed by atoms with Gasteiger partial charge in [0.1, 0.15) is 11.4 Å². The second-order valence-electron chi connectivity index (χ2n) is 8.30. The Morgan fingerprint density at radius 1 is 1.30 bits per heavy atom. The Labute approximate surface area is 176 Å². The summed E-state index contributed by atoms with van der Waals surface area (Å²) >= 11 is 0. The fourth-order valence-corrected chi connectivity index (χ4v) is 3.92. The number of piperidine rings is 1. The van der Waals surface area contributed by atoms with Gasteiger partial charge in [0, 0.05) is 26.3 Å². The van der Waals surface area contributed by atoms with Crippen LogP contribution in [-0.2, 0) is 41.0 Å². The summed E-state index contributed by atoms with van der Waals surface area (Å²) in [7, 11) is 1.86. The molecule has 0 aromatic carbocycles. The lowest BCUT2D eigenvalue weighted by Crippen LogP contribution is -2.52. The normalized spacial score (nSPS) is 18.2. The summed E-state index contributed by atoms with van der Waals surface area (Å²) in [5.41, 5.74) is 1.97. The standard InChI is InChI=1S/C20H30N6O4/c1-15(2)29-9-8-28-11-17-18-12-30-20(13-26(18)23-22-17)4-6-25(7-5-20)19(27)16-10-24(3)14-21-16/h10,14-15H,4-9,11-13H2,1-3H3. The number of aryl methyl sites for hydroxylation is 1. The Morgan fingerprint density at radius 3 is 2.80 bits per heavy atom. The van der Waals surface area contributed by atoms with Crippen molar-refractivity contribution in [3.8, 4) is 0 Å². The van der Waals surface area contributed by atoms with Gasteiger partial charge in [-0.2, -0.15) is 0 Å². The molecular weight excluding hydrogens is 388 g/mol. The van der Waals surface area contributed by atoms with Crippen molar-refractivity contribution in [3.63, 3.8) is 0 Å². The van der Waals surface area contributed by atoms with E-state index in [9.17, 15) is 4.79 Å². The van der Waals surface area contributed by atoms with Crippen molar-refractivity contribution in [1.29, 1.82) is 0 Å². The van der Waals surface area contributed by atoms with Crippen LogP contribution in [0.1, 0.15) is 48.6 Å². The number of carbonyl (C=O) groups is 1. The molecule has 4 heterocycles. The third-order valence-electron chi connectivity index (χ3n) is 5.67. The van der Waals surface area contributed by atoms with E-state index in [1.807, 2.05) is 30.5 Å². The highest BCUT2D eigenvalue weighted by molar-refractivity contribution is 5.92. The Morgan fingerprint density at radius 2 is 2.10 bits per heavy atom. The van der Waals surface area contributed by atoms with Gasteiger partial charge in [-0.05, 0) is 26.7 Å². The molecule has 0 atom stereocenters. The third kappa shape index (κ3) is 4.55. The monoisotopic (exact) mass is 418 g/mol. The van der Waals surface area contributed by atoms with Crippen LogP contribution in [0.3, 0.4) is 0 Å². The Balaban J connectivity index is 1.30.